The third-order valence-corrected chi connectivity index (χ3v) is 2.64. The molecule has 0 aliphatic heterocycles. The number of benzene rings is 1. The van der Waals surface area contributed by atoms with E-state index in [0.717, 1.165) is 0 Å². The number of nitrogens with zero attached hydrogens (tertiary/aromatic N) is 2. The van der Waals surface area contributed by atoms with Crippen molar-refractivity contribution in [2.45, 2.75) is 6.54 Å². The van der Waals surface area contributed by atoms with Gasteiger partial charge in [0.25, 0.3) is 5.91 Å². The highest BCUT2D eigenvalue weighted by Crippen LogP contribution is 2.11. The number of nitriles is 1. The highest BCUT2D eigenvalue weighted by Gasteiger charge is 2.12. The second-order valence-electron chi connectivity index (χ2n) is 4.06. The van der Waals surface area contributed by atoms with E-state index in [2.05, 4.69) is 5.32 Å². The zero-order valence-electron chi connectivity index (χ0n) is 10.4. The molecule has 1 amide bonds. The summed E-state index contributed by atoms with van der Waals surface area (Å²) in [5, 5.41) is 20.1. The first kappa shape index (κ1) is 13.4. The quantitative estimate of drug-likeness (QED) is 0.883. The van der Waals surface area contributed by atoms with Crippen molar-refractivity contribution in [3.63, 3.8) is 0 Å². The van der Waals surface area contributed by atoms with Gasteiger partial charge in [-0.2, -0.15) is 5.26 Å². The summed E-state index contributed by atoms with van der Waals surface area (Å²) in [7, 11) is 0. The van der Waals surface area contributed by atoms with Crippen LogP contribution in [0.25, 0.3) is 0 Å². The molecule has 1 aromatic carbocycles. The molecule has 2 aromatic rings. The van der Waals surface area contributed by atoms with E-state index in [9.17, 15) is 9.59 Å². The van der Waals surface area contributed by atoms with E-state index in [1.807, 2.05) is 6.07 Å². The lowest BCUT2D eigenvalue weighted by Gasteiger charge is -2.08. The lowest BCUT2D eigenvalue weighted by Crippen LogP contribution is -2.19. The maximum absolute atomic E-state index is 12.0. The van der Waals surface area contributed by atoms with Crippen molar-refractivity contribution in [1.29, 1.82) is 5.26 Å². The highest BCUT2D eigenvalue weighted by molar-refractivity contribution is 6.03. The number of carboxylic acid groups (broad SMARTS) is 1. The molecule has 20 heavy (non-hydrogen) atoms. The summed E-state index contributed by atoms with van der Waals surface area (Å²) in [4.78, 5) is 22.7. The molecule has 0 atom stereocenters. The van der Waals surface area contributed by atoms with Crippen molar-refractivity contribution >= 4 is 17.6 Å². The average molecular weight is 269 g/mol. The van der Waals surface area contributed by atoms with E-state index in [1.54, 1.807) is 36.4 Å². The molecule has 0 saturated heterocycles. The van der Waals surface area contributed by atoms with Gasteiger partial charge in [0.05, 0.1) is 11.6 Å². The highest BCUT2D eigenvalue weighted by atomic mass is 16.4. The number of anilines is 1. The predicted molar refractivity (Wildman–Crippen MR) is 71.2 cm³/mol. The fourth-order valence-corrected chi connectivity index (χ4v) is 1.73. The van der Waals surface area contributed by atoms with Gasteiger partial charge in [0, 0.05) is 11.9 Å². The first-order valence-electron chi connectivity index (χ1n) is 5.78. The fraction of sp³-hybridized carbons (Fsp3) is 0.0714. The van der Waals surface area contributed by atoms with E-state index >= 15 is 0 Å². The summed E-state index contributed by atoms with van der Waals surface area (Å²) in [6.07, 6.45) is 1.53. The van der Waals surface area contributed by atoms with Gasteiger partial charge in [-0.05, 0) is 36.4 Å². The molecular formula is C14H11N3O3. The molecule has 1 heterocycles. The Kier molecular flexibility index (Phi) is 3.82. The number of hydrogen-bond acceptors (Lipinski definition) is 3. The van der Waals surface area contributed by atoms with Gasteiger partial charge in [-0.25, -0.2) is 0 Å². The van der Waals surface area contributed by atoms with Crippen LogP contribution in [0.3, 0.4) is 0 Å². The lowest BCUT2D eigenvalue weighted by molar-refractivity contribution is -0.137. The Labute approximate surface area is 114 Å². The molecule has 0 bridgehead atoms. The number of aliphatic carboxylic acids is 1. The molecule has 6 heteroatoms. The van der Waals surface area contributed by atoms with Gasteiger partial charge >= 0.3 is 5.97 Å². The molecule has 0 fully saturated rings. The SMILES string of the molecule is N#Cc1ccc(NC(=O)c2cccn2CC(=O)O)cc1. The van der Waals surface area contributed by atoms with Crippen molar-refractivity contribution in [2.75, 3.05) is 5.32 Å². The Morgan fingerprint density at radius 1 is 1.25 bits per heavy atom. The van der Waals surface area contributed by atoms with Crippen LogP contribution < -0.4 is 5.32 Å². The van der Waals surface area contributed by atoms with Crippen molar-refractivity contribution in [3.8, 4) is 6.07 Å². The minimum absolute atomic E-state index is 0.261. The lowest BCUT2D eigenvalue weighted by atomic mass is 10.2. The Morgan fingerprint density at radius 3 is 2.55 bits per heavy atom. The molecule has 0 saturated carbocycles. The second-order valence-corrected chi connectivity index (χ2v) is 4.06. The second kappa shape index (κ2) is 5.71. The van der Waals surface area contributed by atoms with Gasteiger partial charge < -0.3 is 15.0 Å². The standard InChI is InChI=1S/C14H11N3O3/c15-8-10-3-5-11(6-4-10)16-14(20)12-2-1-7-17(12)9-13(18)19/h1-7H,9H2,(H,16,20)(H,18,19). The smallest absolute Gasteiger partial charge is 0.323 e. The third kappa shape index (κ3) is 3.03. The fourth-order valence-electron chi connectivity index (χ4n) is 1.73. The maximum atomic E-state index is 12.0. The monoisotopic (exact) mass is 269 g/mol. The predicted octanol–water partition coefficient (Wildman–Crippen LogP) is 1.70. The summed E-state index contributed by atoms with van der Waals surface area (Å²) in [5.41, 5.74) is 1.30. The maximum Gasteiger partial charge on any atom is 0.323 e. The molecule has 6 nitrogen and oxygen atoms in total. The Bertz CT molecular complexity index is 680. The van der Waals surface area contributed by atoms with Gasteiger partial charge in [0.15, 0.2) is 0 Å². The number of amides is 1. The first-order chi connectivity index (χ1) is 9.60. The van der Waals surface area contributed by atoms with Gasteiger partial charge in [0.1, 0.15) is 12.2 Å². The molecule has 0 aliphatic rings. The molecule has 2 rings (SSSR count). The zero-order chi connectivity index (χ0) is 14.5. The van der Waals surface area contributed by atoms with Crippen LogP contribution >= 0.6 is 0 Å². The van der Waals surface area contributed by atoms with Crippen LogP contribution in [-0.2, 0) is 11.3 Å². The minimum Gasteiger partial charge on any atom is -0.480 e. The summed E-state index contributed by atoms with van der Waals surface area (Å²) in [6.45, 7) is -0.275. The Hall–Kier alpha value is -3.07. The van der Waals surface area contributed by atoms with E-state index in [4.69, 9.17) is 10.4 Å². The van der Waals surface area contributed by atoms with Crippen molar-refractivity contribution in [1.82, 2.24) is 4.57 Å². The molecular weight excluding hydrogens is 258 g/mol. The topological polar surface area (TPSA) is 95.1 Å². The molecule has 0 radical (unpaired) electrons. The molecule has 100 valence electrons. The van der Waals surface area contributed by atoms with E-state index in [1.165, 1.54) is 10.8 Å². The Morgan fingerprint density at radius 2 is 1.95 bits per heavy atom. The normalized spacial score (nSPS) is 9.75. The number of hydrogen-bond donors (Lipinski definition) is 2. The largest absolute Gasteiger partial charge is 0.480 e. The van der Waals surface area contributed by atoms with Crippen molar-refractivity contribution in [2.24, 2.45) is 0 Å². The summed E-state index contributed by atoms with van der Waals surface area (Å²) in [6, 6.07) is 11.5. The van der Waals surface area contributed by atoms with E-state index in [-0.39, 0.29) is 12.2 Å². The molecule has 1 aromatic heterocycles. The van der Waals surface area contributed by atoms with E-state index in [0.29, 0.717) is 11.3 Å². The number of nitrogens with one attached hydrogen (secondary N) is 1. The molecule has 0 spiro atoms. The number of aromatic nitrogens is 1. The number of carboxylic acids is 1. The van der Waals surface area contributed by atoms with Crippen LogP contribution in [0.1, 0.15) is 16.1 Å². The van der Waals surface area contributed by atoms with Crippen LogP contribution in [-0.4, -0.2) is 21.6 Å². The van der Waals surface area contributed by atoms with Crippen LogP contribution in [0.5, 0.6) is 0 Å². The zero-order valence-corrected chi connectivity index (χ0v) is 10.4. The van der Waals surface area contributed by atoms with Crippen molar-refractivity contribution < 1.29 is 14.7 Å². The Balaban J connectivity index is 2.13. The summed E-state index contributed by atoms with van der Waals surface area (Å²) < 4.78 is 1.35. The van der Waals surface area contributed by atoms with Crippen LogP contribution in [0.4, 0.5) is 5.69 Å². The summed E-state index contributed by atoms with van der Waals surface area (Å²) >= 11 is 0. The molecule has 0 aliphatic carbocycles. The number of rotatable bonds is 4. The van der Waals surface area contributed by atoms with Gasteiger partial charge in [0.2, 0.25) is 0 Å². The third-order valence-electron chi connectivity index (χ3n) is 2.64. The molecule has 0 unspecified atom stereocenters. The number of carbonyl (C=O) groups is 2. The van der Waals surface area contributed by atoms with Crippen LogP contribution in [0, 0.1) is 11.3 Å². The van der Waals surface area contributed by atoms with Gasteiger partial charge in [-0.1, -0.05) is 0 Å². The van der Waals surface area contributed by atoms with Crippen LogP contribution in [0.2, 0.25) is 0 Å². The first-order valence-corrected chi connectivity index (χ1v) is 5.78. The van der Waals surface area contributed by atoms with Crippen LogP contribution in [0.15, 0.2) is 42.6 Å². The van der Waals surface area contributed by atoms with Gasteiger partial charge in [-0.3, -0.25) is 9.59 Å². The van der Waals surface area contributed by atoms with Crippen molar-refractivity contribution in [3.05, 3.63) is 53.9 Å². The average Bonchev–Trinajstić information content (AvgIpc) is 2.87. The molecule has 2 N–H and O–H groups in total. The summed E-state index contributed by atoms with van der Waals surface area (Å²) in [5.74, 6) is -1.42. The minimum atomic E-state index is -1.02. The van der Waals surface area contributed by atoms with Gasteiger partial charge in [-0.15, -0.1) is 0 Å². The van der Waals surface area contributed by atoms with E-state index < -0.39 is 11.9 Å². The number of carbonyl (C=O) groups excluding carboxylic acids is 1.